The van der Waals surface area contributed by atoms with Crippen molar-refractivity contribution in [3.8, 4) is 0 Å². The Morgan fingerprint density at radius 1 is 1.33 bits per heavy atom. The average Bonchev–Trinajstić information content (AvgIpc) is 2.34. The first-order valence-electron chi connectivity index (χ1n) is 4.88. The molecule has 0 saturated carbocycles. The Balaban J connectivity index is 2.54. The van der Waals surface area contributed by atoms with Crippen LogP contribution in [0.15, 0.2) is 0 Å². The molecule has 0 bridgehead atoms. The smallest absolute Gasteiger partial charge is 0.306 e. The summed E-state index contributed by atoms with van der Waals surface area (Å²) in [5, 5.41) is 0. The van der Waals surface area contributed by atoms with E-state index in [4.69, 9.17) is 4.74 Å². The molecule has 1 rings (SSSR count). The van der Waals surface area contributed by atoms with Crippen molar-refractivity contribution in [3.63, 3.8) is 0 Å². The van der Waals surface area contributed by atoms with Crippen LogP contribution in [0.25, 0.3) is 0 Å². The Morgan fingerprint density at radius 3 is 2.25 bits per heavy atom. The molecule has 2 heteroatoms. The van der Waals surface area contributed by atoms with Crippen LogP contribution in [-0.4, -0.2) is 12.6 Å². The van der Waals surface area contributed by atoms with Crippen molar-refractivity contribution in [1.82, 2.24) is 0 Å². The first-order valence-corrected chi connectivity index (χ1v) is 4.88. The van der Waals surface area contributed by atoms with Crippen LogP contribution in [0.2, 0.25) is 0 Å². The van der Waals surface area contributed by atoms with Gasteiger partial charge in [0.25, 0.3) is 0 Å². The number of hydrogen-bond donors (Lipinski definition) is 0. The predicted octanol–water partition coefficient (Wildman–Crippen LogP) is 2.52. The van der Waals surface area contributed by atoms with Crippen LogP contribution in [0.4, 0.5) is 0 Å². The van der Waals surface area contributed by atoms with E-state index >= 15 is 0 Å². The molecule has 0 unspecified atom stereocenters. The fraction of sp³-hybridized carbons (Fsp3) is 0.900. The summed E-state index contributed by atoms with van der Waals surface area (Å²) in [5.74, 6) is -0.00287. The highest BCUT2D eigenvalue weighted by molar-refractivity contribution is 5.72. The van der Waals surface area contributed by atoms with Crippen LogP contribution in [0.5, 0.6) is 0 Å². The summed E-state index contributed by atoms with van der Waals surface area (Å²) in [6, 6.07) is 0. The maximum absolute atomic E-state index is 11.0. The molecule has 2 nitrogen and oxygen atoms in total. The Morgan fingerprint density at radius 2 is 1.92 bits per heavy atom. The van der Waals surface area contributed by atoms with Crippen molar-refractivity contribution < 1.29 is 9.53 Å². The third kappa shape index (κ3) is 1.99. The molecule has 0 aromatic heterocycles. The van der Waals surface area contributed by atoms with E-state index in [0.29, 0.717) is 13.0 Å². The van der Waals surface area contributed by atoms with Crippen LogP contribution in [0.1, 0.15) is 46.0 Å². The fourth-order valence-corrected chi connectivity index (χ4v) is 2.15. The van der Waals surface area contributed by atoms with Gasteiger partial charge in [-0.1, -0.05) is 26.7 Å². The van der Waals surface area contributed by atoms with E-state index in [1.807, 2.05) is 0 Å². The van der Waals surface area contributed by atoms with Gasteiger partial charge >= 0.3 is 5.97 Å². The number of ether oxygens (including phenoxy) is 1. The number of rotatable bonds is 4. The summed E-state index contributed by atoms with van der Waals surface area (Å²) in [7, 11) is 0. The minimum absolute atomic E-state index is 0.00287. The van der Waals surface area contributed by atoms with Gasteiger partial charge in [0.05, 0.1) is 13.0 Å². The van der Waals surface area contributed by atoms with E-state index in [-0.39, 0.29) is 11.4 Å². The maximum atomic E-state index is 11.0. The summed E-state index contributed by atoms with van der Waals surface area (Å²) in [5.41, 5.74) is 0.195. The largest absolute Gasteiger partial charge is 0.465 e. The van der Waals surface area contributed by atoms with Crippen molar-refractivity contribution >= 4 is 5.97 Å². The average molecular weight is 170 g/mol. The summed E-state index contributed by atoms with van der Waals surface area (Å²) < 4.78 is 5.04. The van der Waals surface area contributed by atoms with E-state index in [1.165, 1.54) is 0 Å². The van der Waals surface area contributed by atoms with Crippen molar-refractivity contribution in [2.45, 2.75) is 46.0 Å². The maximum Gasteiger partial charge on any atom is 0.306 e. The second-order valence-electron chi connectivity index (χ2n) is 3.84. The molecular formula is C10H18O2. The molecular weight excluding hydrogens is 152 g/mol. The molecule has 1 fully saturated rings. The molecule has 0 radical (unpaired) electrons. The van der Waals surface area contributed by atoms with Crippen molar-refractivity contribution in [2.24, 2.45) is 5.41 Å². The molecule has 0 aliphatic carbocycles. The van der Waals surface area contributed by atoms with Gasteiger partial charge in [0.2, 0.25) is 0 Å². The summed E-state index contributed by atoms with van der Waals surface area (Å²) in [4.78, 5) is 11.0. The summed E-state index contributed by atoms with van der Waals surface area (Å²) in [6.45, 7) is 4.99. The molecule has 0 spiro atoms. The highest BCUT2D eigenvalue weighted by atomic mass is 16.5. The Labute approximate surface area is 74.3 Å². The summed E-state index contributed by atoms with van der Waals surface area (Å²) >= 11 is 0. The van der Waals surface area contributed by atoms with Gasteiger partial charge < -0.3 is 4.74 Å². The molecule has 1 saturated heterocycles. The quantitative estimate of drug-likeness (QED) is 0.606. The predicted molar refractivity (Wildman–Crippen MR) is 47.8 cm³/mol. The number of carbonyl (C=O) groups is 1. The zero-order chi connectivity index (χ0) is 9.03. The van der Waals surface area contributed by atoms with Crippen LogP contribution >= 0.6 is 0 Å². The minimum Gasteiger partial charge on any atom is -0.465 e. The van der Waals surface area contributed by atoms with Crippen LogP contribution < -0.4 is 0 Å². The Bertz CT molecular complexity index is 157. The van der Waals surface area contributed by atoms with E-state index in [2.05, 4.69) is 13.8 Å². The Kier molecular flexibility index (Phi) is 3.12. The van der Waals surface area contributed by atoms with Crippen molar-refractivity contribution in [1.29, 1.82) is 0 Å². The molecule has 0 aromatic carbocycles. The lowest BCUT2D eigenvalue weighted by Crippen LogP contribution is -2.20. The third-order valence-electron chi connectivity index (χ3n) is 2.62. The van der Waals surface area contributed by atoms with Gasteiger partial charge in [-0.15, -0.1) is 0 Å². The number of cyclic esters (lactones) is 1. The van der Waals surface area contributed by atoms with Gasteiger partial charge in [0, 0.05) is 5.41 Å². The number of carbonyl (C=O) groups excluding carboxylic acids is 1. The molecule has 12 heavy (non-hydrogen) atoms. The molecule has 0 amide bonds. The first-order chi connectivity index (χ1) is 5.72. The van der Waals surface area contributed by atoms with E-state index in [9.17, 15) is 4.79 Å². The monoisotopic (exact) mass is 170 g/mol. The van der Waals surface area contributed by atoms with Gasteiger partial charge in [-0.3, -0.25) is 4.79 Å². The number of esters is 1. The van der Waals surface area contributed by atoms with Gasteiger partial charge in [0.1, 0.15) is 0 Å². The summed E-state index contributed by atoms with van der Waals surface area (Å²) in [6.07, 6.45) is 5.21. The highest BCUT2D eigenvalue weighted by Crippen LogP contribution is 2.38. The number of hydrogen-bond acceptors (Lipinski definition) is 2. The molecule has 0 aromatic rings. The highest BCUT2D eigenvalue weighted by Gasteiger charge is 2.38. The molecule has 70 valence electrons. The van der Waals surface area contributed by atoms with Gasteiger partial charge in [-0.25, -0.2) is 0 Å². The van der Waals surface area contributed by atoms with Crippen molar-refractivity contribution in [3.05, 3.63) is 0 Å². The molecule has 1 aliphatic heterocycles. The topological polar surface area (TPSA) is 26.3 Å². The minimum atomic E-state index is -0.00287. The standard InChI is InChI=1S/C10H18O2/c1-3-5-10(6-4-2)7-9(11)12-8-10/h3-8H2,1-2H3. The van der Waals surface area contributed by atoms with Gasteiger partial charge in [-0.2, -0.15) is 0 Å². The molecule has 0 atom stereocenters. The Hall–Kier alpha value is -0.530. The molecule has 1 heterocycles. The van der Waals surface area contributed by atoms with E-state index in [1.54, 1.807) is 0 Å². The van der Waals surface area contributed by atoms with Crippen LogP contribution in [0, 0.1) is 5.41 Å². The second kappa shape index (κ2) is 3.92. The van der Waals surface area contributed by atoms with Gasteiger partial charge in [0.15, 0.2) is 0 Å². The first kappa shape index (κ1) is 9.56. The van der Waals surface area contributed by atoms with Crippen LogP contribution in [0.3, 0.4) is 0 Å². The van der Waals surface area contributed by atoms with Gasteiger partial charge in [-0.05, 0) is 12.8 Å². The molecule has 1 aliphatic rings. The zero-order valence-electron chi connectivity index (χ0n) is 8.06. The SMILES string of the molecule is CCCC1(CCC)COC(=O)C1. The van der Waals surface area contributed by atoms with E-state index < -0.39 is 0 Å². The second-order valence-corrected chi connectivity index (χ2v) is 3.84. The third-order valence-corrected chi connectivity index (χ3v) is 2.62. The molecule has 0 N–H and O–H groups in total. The van der Waals surface area contributed by atoms with Crippen molar-refractivity contribution in [2.75, 3.05) is 6.61 Å². The fourth-order valence-electron chi connectivity index (χ4n) is 2.15. The lowest BCUT2D eigenvalue weighted by Gasteiger charge is -2.24. The normalized spacial score (nSPS) is 21.0. The lowest BCUT2D eigenvalue weighted by atomic mass is 9.79. The van der Waals surface area contributed by atoms with E-state index in [0.717, 1.165) is 25.7 Å². The van der Waals surface area contributed by atoms with Crippen LogP contribution in [-0.2, 0) is 9.53 Å². The lowest BCUT2D eigenvalue weighted by molar-refractivity contribution is -0.137. The zero-order valence-corrected chi connectivity index (χ0v) is 8.06.